The van der Waals surface area contributed by atoms with Crippen molar-refractivity contribution in [2.24, 2.45) is 0 Å². The maximum Gasteiger partial charge on any atom is 0.316 e. The fourth-order valence-electron chi connectivity index (χ4n) is 0. The Morgan fingerprint density at radius 1 is 1.43 bits per heavy atom. The first-order chi connectivity index (χ1) is 2.00. The molecule has 0 spiro atoms. The SMILES string of the molecule is BP(=O)(O)O.[BaH2].[MgH2]. The maximum atomic E-state index is 9.33. The summed E-state index contributed by atoms with van der Waals surface area (Å²) in [4.78, 5) is 15.3. The molecular formula is H8BBaMgO3P. The van der Waals surface area contributed by atoms with E-state index in [1.54, 1.807) is 0 Å². The van der Waals surface area contributed by atoms with Gasteiger partial charge in [-0.2, -0.15) is 0 Å². The summed E-state index contributed by atoms with van der Waals surface area (Å²) in [6.45, 7) is 0. The average molecular weight is 259 g/mol. The van der Waals surface area contributed by atoms with Gasteiger partial charge >= 0.3 is 71.9 Å². The average Bonchev–Trinajstić information content (AvgIpc) is 0.722. The number of hydrogen-bond donors (Lipinski definition) is 2. The largest absolute Gasteiger partial charge is 0.316 e. The molecule has 0 aliphatic heterocycles. The van der Waals surface area contributed by atoms with Crippen molar-refractivity contribution in [1.29, 1.82) is 0 Å². The van der Waals surface area contributed by atoms with Gasteiger partial charge in [0.15, 0.2) is 0 Å². The van der Waals surface area contributed by atoms with Crippen LogP contribution in [-0.2, 0) is 4.57 Å². The van der Waals surface area contributed by atoms with E-state index in [-0.39, 0.29) is 71.9 Å². The van der Waals surface area contributed by atoms with Gasteiger partial charge < -0.3 is 9.79 Å². The molecule has 38 valence electrons. The van der Waals surface area contributed by atoms with Crippen molar-refractivity contribution in [1.82, 2.24) is 0 Å². The summed E-state index contributed by atoms with van der Waals surface area (Å²) in [5.41, 5.74) is 0. The van der Waals surface area contributed by atoms with Crippen molar-refractivity contribution >= 4 is 87.0 Å². The monoisotopic (exact) mass is 260 g/mol. The molecule has 0 aromatic rings. The molecule has 7 heavy (non-hydrogen) atoms. The molecule has 0 aliphatic rings. The molecule has 3 nitrogen and oxygen atoms in total. The second-order valence-electron chi connectivity index (χ2n) is 0.835. The Balaban J connectivity index is -0.0000000800. The predicted molar refractivity (Wildman–Crippen MR) is 37.7 cm³/mol. The Morgan fingerprint density at radius 3 is 1.43 bits per heavy atom. The van der Waals surface area contributed by atoms with Gasteiger partial charge in [0.25, 0.3) is 15.0 Å². The molecule has 0 rings (SSSR count). The molecule has 0 amide bonds. The van der Waals surface area contributed by atoms with Crippen LogP contribution in [0.1, 0.15) is 0 Å². The Hall–Kier alpha value is 2.55. The Labute approximate surface area is 99.4 Å². The summed E-state index contributed by atoms with van der Waals surface area (Å²) in [6, 6.07) is 0. The minimum Gasteiger partial charge on any atom is 0.316 e. The smallest absolute Gasteiger partial charge is 0.316 e. The van der Waals surface area contributed by atoms with Crippen LogP contribution in [0.4, 0.5) is 0 Å². The number of hydrogen-bond acceptors (Lipinski definition) is 1. The van der Waals surface area contributed by atoms with E-state index < -0.39 is 7.47 Å². The third-order valence-electron chi connectivity index (χ3n) is 0. The van der Waals surface area contributed by atoms with Crippen LogP contribution in [0.2, 0.25) is 0 Å². The number of rotatable bonds is 0. The second kappa shape index (κ2) is 6.67. The van der Waals surface area contributed by atoms with Crippen LogP contribution in [0.3, 0.4) is 0 Å². The summed E-state index contributed by atoms with van der Waals surface area (Å²) < 4.78 is 9.33. The van der Waals surface area contributed by atoms with Gasteiger partial charge in [-0.05, 0) is 0 Å². The maximum absolute atomic E-state index is 9.33. The van der Waals surface area contributed by atoms with E-state index in [1.165, 1.54) is 0 Å². The molecule has 0 unspecified atom stereocenters. The molecule has 0 radical (unpaired) electrons. The minimum absolute atomic E-state index is 0. The van der Waals surface area contributed by atoms with E-state index >= 15 is 0 Å². The van der Waals surface area contributed by atoms with Crippen molar-refractivity contribution in [3.8, 4) is 0 Å². The van der Waals surface area contributed by atoms with Gasteiger partial charge in [-0.15, -0.1) is 0 Å². The van der Waals surface area contributed by atoms with E-state index in [1.807, 2.05) is 0 Å². The molecule has 7 heteroatoms. The van der Waals surface area contributed by atoms with E-state index in [0.717, 1.165) is 7.57 Å². The molecule has 0 aromatic heterocycles. The van der Waals surface area contributed by atoms with E-state index in [4.69, 9.17) is 9.79 Å². The van der Waals surface area contributed by atoms with Crippen LogP contribution >= 0.6 is 7.47 Å². The first-order valence-corrected chi connectivity index (χ1v) is 3.09. The van der Waals surface area contributed by atoms with Crippen LogP contribution in [-0.4, -0.2) is 89.3 Å². The third-order valence-corrected chi connectivity index (χ3v) is 0. The van der Waals surface area contributed by atoms with Crippen molar-refractivity contribution in [3.63, 3.8) is 0 Å². The van der Waals surface area contributed by atoms with Crippen LogP contribution < -0.4 is 0 Å². The van der Waals surface area contributed by atoms with Crippen LogP contribution in [0.25, 0.3) is 0 Å². The summed E-state index contributed by atoms with van der Waals surface area (Å²) in [6.07, 6.45) is 0. The van der Waals surface area contributed by atoms with Crippen LogP contribution in [0, 0.1) is 0 Å². The molecule has 0 bridgehead atoms. The topological polar surface area (TPSA) is 57.5 Å². The Morgan fingerprint density at radius 2 is 1.43 bits per heavy atom. The normalized spacial score (nSPS) is 8.29. The molecule has 0 atom stereocenters. The zero-order chi connectivity index (χ0) is 4.50. The molecule has 0 saturated heterocycles. The molecule has 0 aliphatic carbocycles. The summed E-state index contributed by atoms with van der Waals surface area (Å²) in [5, 5.41) is 0. The molecular weight excluding hydrogens is 251 g/mol. The molecule has 0 saturated carbocycles. The standard InChI is InChI=1S/BH4O3P.Ba.Mg.4H/c1-5(2,3)4;;;;;;/h1H2,(H2,2,3,4);;;;;;. The molecule has 0 heterocycles. The second-order valence-corrected chi connectivity index (χ2v) is 2.51. The van der Waals surface area contributed by atoms with Crippen molar-refractivity contribution in [2.75, 3.05) is 0 Å². The quantitative estimate of drug-likeness (QED) is 0.357. The fraction of sp³-hybridized carbons (Fsp3) is 0. The van der Waals surface area contributed by atoms with Gasteiger partial charge in [0.2, 0.25) is 0 Å². The summed E-state index contributed by atoms with van der Waals surface area (Å²) in [5.74, 6) is 0. The minimum atomic E-state index is -3.64. The Bertz CT molecular complexity index is 61.1. The van der Waals surface area contributed by atoms with Gasteiger partial charge in [0.05, 0.1) is 0 Å². The van der Waals surface area contributed by atoms with E-state index in [2.05, 4.69) is 0 Å². The van der Waals surface area contributed by atoms with Crippen LogP contribution in [0.15, 0.2) is 0 Å². The fourth-order valence-corrected chi connectivity index (χ4v) is 0. The van der Waals surface area contributed by atoms with Crippen LogP contribution in [0.5, 0.6) is 0 Å². The molecule has 0 aromatic carbocycles. The van der Waals surface area contributed by atoms with Crippen molar-refractivity contribution in [3.05, 3.63) is 0 Å². The summed E-state index contributed by atoms with van der Waals surface area (Å²) >= 11 is 0. The third kappa shape index (κ3) is 56.4. The predicted octanol–water partition coefficient (Wildman–Crippen LogP) is -3.12. The van der Waals surface area contributed by atoms with E-state index in [0.29, 0.717) is 0 Å². The van der Waals surface area contributed by atoms with Gasteiger partial charge in [-0.1, -0.05) is 0 Å². The van der Waals surface area contributed by atoms with E-state index in [9.17, 15) is 4.57 Å². The first-order valence-electron chi connectivity index (χ1n) is 1.03. The molecule has 0 fully saturated rings. The summed E-state index contributed by atoms with van der Waals surface area (Å²) in [7, 11) is -2.78. The first kappa shape index (κ1) is 16.3. The zero-order valence-electron chi connectivity index (χ0n) is 2.75. The van der Waals surface area contributed by atoms with Gasteiger partial charge in [0, 0.05) is 0 Å². The van der Waals surface area contributed by atoms with Gasteiger partial charge in [0.1, 0.15) is 0 Å². The zero-order valence-corrected chi connectivity index (χ0v) is 3.64. The van der Waals surface area contributed by atoms with Crippen molar-refractivity contribution < 1.29 is 14.4 Å². The van der Waals surface area contributed by atoms with Crippen molar-refractivity contribution in [2.45, 2.75) is 0 Å². The molecule has 2 N–H and O–H groups in total. The Kier molecular flexibility index (Phi) is 15.5. The van der Waals surface area contributed by atoms with Gasteiger partial charge in [-0.3, -0.25) is 4.57 Å². The van der Waals surface area contributed by atoms with Gasteiger partial charge in [-0.25, -0.2) is 0 Å².